The zero-order valence-electron chi connectivity index (χ0n) is 11.0. The van der Waals surface area contributed by atoms with Crippen LogP contribution in [-0.4, -0.2) is 0 Å². The zero-order chi connectivity index (χ0) is 13.5. The molecule has 0 amide bonds. The first-order chi connectivity index (χ1) is 9.31. The fraction of sp³-hybridized carbons (Fsp3) is 0.176. The largest absolute Gasteiger partial charge is 0.457 e. The van der Waals surface area contributed by atoms with Gasteiger partial charge < -0.3 is 4.74 Å². The quantitative estimate of drug-likeness (QED) is 0.527. The Bertz CT molecular complexity index is 526. The molecular formula is C17H17ClO. The Labute approximate surface area is 119 Å². The first-order valence-electron chi connectivity index (χ1n) is 6.34. The molecule has 0 N–H and O–H groups in total. The maximum absolute atomic E-state index is 5.78. The number of alkyl halides is 1. The van der Waals surface area contributed by atoms with Crippen LogP contribution in [-0.2, 0) is 12.3 Å². The molecule has 0 unspecified atom stereocenters. The van der Waals surface area contributed by atoms with E-state index in [9.17, 15) is 0 Å². The van der Waals surface area contributed by atoms with Crippen molar-refractivity contribution in [2.45, 2.75) is 19.2 Å². The Morgan fingerprint density at radius 3 is 1.89 bits per heavy atom. The van der Waals surface area contributed by atoms with Crippen LogP contribution in [0.5, 0.6) is 11.5 Å². The van der Waals surface area contributed by atoms with Gasteiger partial charge in [0.25, 0.3) is 0 Å². The van der Waals surface area contributed by atoms with Crippen molar-refractivity contribution < 1.29 is 4.74 Å². The lowest BCUT2D eigenvalue weighted by atomic mass is 10.1. The lowest BCUT2D eigenvalue weighted by Crippen LogP contribution is -1.86. The van der Waals surface area contributed by atoms with Crippen LogP contribution in [0.4, 0.5) is 0 Å². The Kier molecular flexibility index (Phi) is 5.05. The van der Waals surface area contributed by atoms with Gasteiger partial charge in [0.2, 0.25) is 0 Å². The molecular weight excluding hydrogens is 256 g/mol. The van der Waals surface area contributed by atoms with Gasteiger partial charge in [-0.3, -0.25) is 0 Å². The van der Waals surface area contributed by atoms with Crippen molar-refractivity contribution in [3.63, 3.8) is 0 Å². The SMILES string of the molecule is CC=CCc1ccc(Oc2ccc(CCl)cc2)cc1. The fourth-order valence-electron chi connectivity index (χ4n) is 1.73. The average molecular weight is 273 g/mol. The molecule has 0 saturated heterocycles. The van der Waals surface area contributed by atoms with E-state index < -0.39 is 0 Å². The summed E-state index contributed by atoms with van der Waals surface area (Å²) in [4.78, 5) is 0. The van der Waals surface area contributed by atoms with E-state index >= 15 is 0 Å². The maximum Gasteiger partial charge on any atom is 0.127 e. The van der Waals surface area contributed by atoms with Gasteiger partial charge in [-0.05, 0) is 48.7 Å². The van der Waals surface area contributed by atoms with Gasteiger partial charge in [-0.2, -0.15) is 0 Å². The number of benzene rings is 2. The van der Waals surface area contributed by atoms with Crippen molar-refractivity contribution in [1.82, 2.24) is 0 Å². The summed E-state index contributed by atoms with van der Waals surface area (Å²) in [6.07, 6.45) is 5.16. The predicted molar refractivity (Wildman–Crippen MR) is 81.0 cm³/mol. The minimum atomic E-state index is 0.528. The van der Waals surface area contributed by atoms with Crippen LogP contribution in [0.3, 0.4) is 0 Å². The van der Waals surface area contributed by atoms with Crippen LogP contribution < -0.4 is 4.74 Å². The summed E-state index contributed by atoms with van der Waals surface area (Å²) in [5.74, 6) is 2.21. The van der Waals surface area contributed by atoms with Crippen molar-refractivity contribution in [1.29, 1.82) is 0 Å². The Morgan fingerprint density at radius 1 is 0.895 bits per heavy atom. The summed E-state index contributed by atoms with van der Waals surface area (Å²) in [5, 5.41) is 0. The van der Waals surface area contributed by atoms with Crippen LogP contribution in [0, 0.1) is 0 Å². The van der Waals surface area contributed by atoms with Crippen LogP contribution in [0.2, 0.25) is 0 Å². The van der Waals surface area contributed by atoms with E-state index in [1.165, 1.54) is 5.56 Å². The van der Waals surface area contributed by atoms with Gasteiger partial charge in [0.05, 0.1) is 0 Å². The van der Waals surface area contributed by atoms with E-state index in [0.29, 0.717) is 5.88 Å². The molecule has 0 aliphatic heterocycles. The molecule has 0 saturated carbocycles. The third-order valence-corrected chi connectivity index (χ3v) is 3.13. The van der Waals surface area contributed by atoms with Gasteiger partial charge in [-0.1, -0.05) is 36.4 Å². The van der Waals surface area contributed by atoms with Crippen molar-refractivity contribution in [3.8, 4) is 11.5 Å². The molecule has 1 nitrogen and oxygen atoms in total. The Balaban J connectivity index is 2.01. The van der Waals surface area contributed by atoms with Gasteiger partial charge in [-0.25, -0.2) is 0 Å². The summed E-state index contributed by atoms with van der Waals surface area (Å²) in [5.41, 5.74) is 2.37. The van der Waals surface area contributed by atoms with E-state index in [4.69, 9.17) is 16.3 Å². The van der Waals surface area contributed by atoms with E-state index in [0.717, 1.165) is 23.5 Å². The number of hydrogen-bond acceptors (Lipinski definition) is 1. The second-order valence-corrected chi connectivity index (χ2v) is 4.56. The molecule has 0 aromatic heterocycles. The third kappa shape index (κ3) is 4.15. The smallest absolute Gasteiger partial charge is 0.127 e. The topological polar surface area (TPSA) is 9.23 Å². The first kappa shape index (κ1) is 13.7. The second kappa shape index (κ2) is 7.01. The van der Waals surface area contributed by atoms with Gasteiger partial charge in [0, 0.05) is 5.88 Å². The van der Waals surface area contributed by atoms with E-state index in [-0.39, 0.29) is 0 Å². The summed E-state index contributed by atoms with van der Waals surface area (Å²) in [6, 6.07) is 16.0. The van der Waals surface area contributed by atoms with Crippen molar-refractivity contribution in [3.05, 3.63) is 71.8 Å². The minimum absolute atomic E-state index is 0.528. The summed E-state index contributed by atoms with van der Waals surface area (Å²) < 4.78 is 5.78. The molecule has 0 aliphatic carbocycles. The minimum Gasteiger partial charge on any atom is -0.457 e. The number of rotatable bonds is 5. The predicted octanol–water partition coefficient (Wildman–Crippen LogP) is 5.34. The number of hydrogen-bond donors (Lipinski definition) is 0. The molecule has 0 spiro atoms. The van der Waals surface area contributed by atoms with Crippen LogP contribution in [0.1, 0.15) is 18.1 Å². The highest BCUT2D eigenvalue weighted by molar-refractivity contribution is 6.17. The normalized spacial score (nSPS) is 10.8. The van der Waals surface area contributed by atoms with Crippen molar-refractivity contribution in [2.24, 2.45) is 0 Å². The molecule has 0 atom stereocenters. The van der Waals surface area contributed by atoms with Crippen molar-refractivity contribution in [2.75, 3.05) is 0 Å². The highest BCUT2D eigenvalue weighted by atomic mass is 35.5. The van der Waals surface area contributed by atoms with Crippen LogP contribution >= 0.6 is 11.6 Å². The van der Waals surface area contributed by atoms with Gasteiger partial charge in [0.15, 0.2) is 0 Å². The molecule has 0 radical (unpaired) electrons. The lowest BCUT2D eigenvalue weighted by Gasteiger charge is -2.06. The molecule has 2 rings (SSSR count). The second-order valence-electron chi connectivity index (χ2n) is 4.30. The van der Waals surface area contributed by atoms with Crippen molar-refractivity contribution >= 4 is 11.6 Å². The van der Waals surface area contributed by atoms with E-state index in [1.807, 2.05) is 43.3 Å². The lowest BCUT2D eigenvalue weighted by molar-refractivity contribution is 0.482. The van der Waals surface area contributed by atoms with Crippen LogP contribution in [0.25, 0.3) is 0 Å². The average Bonchev–Trinajstić information content (AvgIpc) is 2.47. The molecule has 2 heteroatoms. The molecule has 98 valence electrons. The molecule has 2 aromatic rings. The molecule has 0 bridgehead atoms. The molecule has 0 heterocycles. The van der Waals surface area contributed by atoms with E-state index in [2.05, 4.69) is 24.3 Å². The maximum atomic E-state index is 5.78. The van der Waals surface area contributed by atoms with Crippen LogP contribution in [0.15, 0.2) is 60.7 Å². The molecule has 0 fully saturated rings. The Hall–Kier alpha value is -1.73. The number of ether oxygens (including phenoxy) is 1. The molecule has 19 heavy (non-hydrogen) atoms. The third-order valence-electron chi connectivity index (χ3n) is 2.83. The summed E-state index contributed by atoms with van der Waals surface area (Å²) in [6.45, 7) is 2.03. The van der Waals surface area contributed by atoms with E-state index in [1.54, 1.807) is 0 Å². The first-order valence-corrected chi connectivity index (χ1v) is 6.88. The fourth-order valence-corrected chi connectivity index (χ4v) is 1.91. The molecule has 2 aromatic carbocycles. The summed E-state index contributed by atoms with van der Waals surface area (Å²) in [7, 11) is 0. The standard InChI is InChI=1S/C17H17ClO/c1-2-3-4-14-5-9-16(10-6-14)19-17-11-7-15(13-18)8-12-17/h2-3,5-12H,4,13H2,1H3. The number of halogens is 1. The Morgan fingerprint density at radius 2 is 1.42 bits per heavy atom. The van der Waals surface area contributed by atoms with Gasteiger partial charge in [0.1, 0.15) is 11.5 Å². The van der Waals surface area contributed by atoms with Gasteiger partial charge >= 0.3 is 0 Å². The molecule has 0 aliphatic rings. The highest BCUT2D eigenvalue weighted by Crippen LogP contribution is 2.22. The summed E-state index contributed by atoms with van der Waals surface area (Å²) >= 11 is 5.75. The zero-order valence-corrected chi connectivity index (χ0v) is 11.7. The van der Waals surface area contributed by atoms with Gasteiger partial charge in [-0.15, -0.1) is 11.6 Å². The number of allylic oxidation sites excluding steroid dienone is 2. The monoisotopic (exact) mass is 272 g/mol. The highest BCUT2D eigenvalue weighted by Gasteiger charge is 1.98.